The van der Waals surface area contributed by atoms with Crippen LogP contribution in [0.1, 0.15) is 38.2 Å². The molecule has 16 nitrogen and oxygen atoms in total. The van der Waals surface area contributed by atoms with Gasteiger partial charge in [-0.25, -0.2) is 4.79 Å². The van der Waals surface area contributed by atoms with Gasteiger partial charge in [-0.3, -0.25) is 28.8 Å². The number of aliphatic hydroxyl groups excluding tert-OH is 1. The predicted molar refractivity (Wildman–Crippen MR) is 147 cm³/mol. The molecule has 7 amide bonds. The first-order valence-electron chi connectivity index (χ1n) is 13.0. The molecule has 1 heterocycles. The van der Waals surface area contributed by atoms with Gasteiger partial charge in [0, 0.05) is 38.2 Å². The molecule has 0 saturated carbocycles. The van der Waals surface area contributed by atoms with Gasteiger partial charge in [-0.2, -0.15) is 0 Å². The number of carbonyl (C=O) groups is 7. The van der Waals surface area contributed by atoms with Crippen LogP contribution in [-0.2, 0) is 40.1 Å². The third-order valence-corrected chi connectivity index (χ3v) is 5.92. The van der Waals surface area contributed by atoms with Gasteiger partial charge in [-0.05, 0) is 36.6 Å². The van der Waals surface area contributed by atoms with Crippen LogP contribution in [0.25, 0.3) is 0 Å². The number of nitrogens with two attached hydrogens (primary N) is 2. The standard InChI is InChI=1S/C26H35N7O9/c1-15(34)42-14-16-4-6-17(7-5-16)30-24(39)18(3-2-11-29-26(28)41)32-25(40)19(13-20(27)35)31-21(36)10-12-33-22(37)8-9-23(33)38/h4-9,18-19,22,37H,2-3,10-14H2,1H3,(H2,27,35)(H,30,39)(H,31,36)(H,32,40)(H3,28,29,41)/t18-,19-,22?/m0/s1. The number of benzene rings is 1. The van der Waals surface area contributed by atoms with Gasteiger partial charge in [-0.15, -0.1) is 0 Å². The minimum atomic E-state index is -1.44. The first-order valence-corrected chi connectivity index (χ1v) is 13.0. The second kappa shape index (κ2) is 16.3. The van der Waals surface area contributed by atoms with Crippen LogP contribution >= 0.6 is 0 Å². The Bertz CT molecular complexity index is 1200. The molecule has 0 fully saturated rings. The van der Waals surface area contributed by atoms with E-state index in [2.05, 4.69) is 21.3 Å². The van der Waals surface area contributed by atoms with Gasteiger partial charge >= 0.3 is 12.0 Å². The van der Waals surface area contributed by atoms with Crippen LogP contribution in [0.4, 0.5) is 10.5 Å². The second-order valence-electron chi connectivity index (χ2n) is 9.31. The third-order valence-electron chi connectivity index (χ3n) is 5.92. The summed E-state index contributed by atoms with van der Waals surface area (Å²) in [4.78, 5) is 85.1. The van der Waals surface area contributed by atoms with E-state index >= 15 is 0 Å². The normalized spacial score (nSPS) is 15.3. The smallest absolute Gasteiger partial charge is 0.312 e. The highest BCUT2D eigenvalue weighted by atomic mass is 16.5. The van der Waals surface area contributed by atoms with Crippen molar-refractivity contribution in [3.8, 4) is 0 Å². The Kier molecular flexibility index (Phi) is 12.9. The van der Waals surface area contributed by atoms with Crippen LogP contribution in [0.15, 0.2) is 36.4 Å². The summed E-state index contributed by atoms with van der Waals surface area (Å²) in [6, 6.07) is 3.03. The summed E-state index contributed by atoms with van der Waals surface area (Å²) in [6.07, 6.45) is 0.647. The third kappa shape index (κ3) is 11.6. The number of carbonyl (C=O) groups excluding carboxylic acids is 7. The van der Waals surface area contributed by atoms with Crippen molar-refractivity contribution in [2.24, 2.45) is 11.5 Å². The van der Waals surface area contributed by atoms with Gasteiger partial charge in [0.25, 0.3) is 0 Å². The van der Waals surface area contributed by atoms with Gasteiger partial charge in [-0.1, -0.05) is 12.1 Å². The van der Waals surface area contributed by atoms with Gasteiger partial charge in [0.15, 0.2) is 0 Å². The highest BCUT2D eigenvalue weighted by Crippen LogP contribution is 2.13. The van der Waals surface area contributed by atoms with Crippen LogP contribution in [0.2, 0.25) is 0 Å². The first kappa shape index (κ1) is 33.2. The lowest BCUT2D eigenvalue weighted by atomic mass is 10.1. The number of nitrogens with zero attached hydrogens (tertiary/aromatic N) is 1. The van der Waals surface area contributed by atoms with E-state index in [1.54, 1.807) is 24.3 Å². The average molecular weight is 590 g/mol. The fourth-order valence-corrected chi connectivity index (χ4v) is 3.80. The Balaban J connectivity index is 2.07. The number of anilines is 1. The van der Waals surface area contributed by atoms with E-state index in [4.69, 9.17) is 16.2 Å². The molecule has 228 valence electrons. The van der Waals surface area contributed by atoms with Crippen molar-refractivity contribution in [3.63, 3.8) is 0 Å². The number of primary amides is 2. The fourth-order valence-electron chi connectivity index (χ4n) is 3.80. The summed E-state index contributed by atoms with van der Waals surface area (Å²) < 4.78 is 4.92. The van der Waals surface area contributed by atoms with Crippen molar-refractivity contribution < 1.29 is 43.4 Å². The molecule has 3 atom stereocenters. The molecule has 0 radical (unpaired) electrons. The number of amides is 7. The summed E-state index contributed by atoms with van der Waals surface area (Å²) in [5.74, 6) is -4.04. The Morgan fingerprint density at radius 1 is 1.02 bits per heavy atom. The maximum Gasteiger partial charge on any atom is 0.312 e. The average Bonchev–Trinajstić information content (AvgIpc) is 3.24. The molecule has 2 rings (SSSR count). The lowest BCUT2D eigenvalue weighted by Gasteiger charge is -2.24. The minimum absolute atomic E-state index is 0.0432. The molecule has 1 aromatic carbocycles. The van der Waals surface area contributed by atoms with Crippen molar-refractivity contribution in [1.82, 2.24) is 20.9 Å². The molecule has 0 aliphatic carbocycles. The summed E-state index contributed by atoms with van der Waals surface area (Å²) >= 11 is 0. The van der Waals surface area contributed by atoms with Crippen molar-refractivity contribution in [2.45, 2.75) is 57.5 Å². The summed E-state index contributed by atoms with van der Waals surface area (Å²) in [5, 5.41) is 19.7. The number of aliphatic hydroxyl groups is 1. The molecule has 0 bridgehead atoms. The summed E-state index contributed by atoms with van der Waals surface area (Å²) in [5.41, 5.74) is 11.4. The molecule has 16 heteroatoms. The largest absolute Gasteiger partial charge is 0.461 e. The van der Waals surface area contributed by atoms with Crippen LogP contribution in [0.5, 0.6) is 0 Å². The molecule has 9 N–H and O–H groups in total. The van der Waals surface area contributed by atoms with E-state index in [1.807, 2.05) is 0 Å². The SMILES string of the molecule is CC(=O)OCc1ccc(NC(=O)[C@H](CCCNC(N)=O)NC(=O)[C@H](CC(N)=O)NC(=O)CCN2C(=O)C=CC2O)cc1. The fraction of sp³-hybridized carbons (Fsp3) is 0.423. The zero-order valence-electron chi connectivity index (χ0n) is 23.0. The zero-order chi connectivity index (χ0) is 31.2. The van der Waals surface area contributed by atoms with E-state index in [9.17, 15) is 38.7 Å². The molecular weight excluding hydrogens is 554 g/mol. The number of nitrogens with one attached hydrogen (secondary N) is 4. The Morgan fingerprint density at radius 2 is 1.71 bits per heavy atom. The quantitative estimate of drug-likeness (QED) is 0.0837. The minimum Gasteiger partial charge on any atom is -0.461 e. The molecular formula is C26H35N7O9. The highest BCUT2D eigenvalue weighted by molar-refractivity contribution is 5.99. The Hall–Kier alpha value is -4.99. The number of rotatable bonds is 16. The molecule has 42 heavy (non-hydrogen) atoms. The lowest BCUT2D eigenvalue weighted by molar-refractivity contribution is -0.142. The van der Waals surface area contributed by atoms with Crippen LogP contribution in [0.3, 0.4) is 0 Å². The van der Waals surface area contributed by atoms with Gasteiger partial charge in [0.05, 0.1) is 6.42 Å². The molecule has 1 aliphatic rings. The van der Waals surface area contributed by atoms with Gasteiger partial charge in [0.2, 0.25) is 29.5 Å². The molecule has 0 saturated heterocycles. The van der Waals surface area contributed by atoms with Crippen LogP contribution in [0, 0.1) is 0 Å². The molecule has 1 aliphatic heterocycles. The van der Waals surface area contributed by atoms with Crippen molar-refractivity contribution >= 4 is 47.2 Å². The van der Waals surface area contributed by atoms with Gasteiger partial charge in [0.1, 0.15) is 24.9 Å². The van der Waals surface area contributed by atoms with E-state index in [0.717, 1.165) is 11.0 Å². The summed E-state index contributed by atoms with van der Waals surface area (Å²) in [6.45, 7) is 1.29. The molecule has 0 spiro atoms. The summed E-state index contributed by atoms with van der Waals surface area (Å²) in [7, 11) is 0. The van der Waals surface area contributed by atoms with E-state index in [1.165, 1.54) is 13.0 Å². The predicted octanol–water partition coefficient (Wildman–Crippen LogP) is -1.91. The van der Waals surface area contributed by atoms with Crippen molar-refractivity contribution in [1.29, 1.82) is 0 Å². The molecule has 0 aromatic heterocycles. The number of hydrogen-bond donors (Lipinski definition) is 7. The number of ether oxygens (including phenoxy) is 1. The number of urea groups is 1. The van der Waals surface area contributed by atoms with E-state index in [-0.39, 0.29) is 39.0 Å². The zero-order valence-corrected chi connectivity index (χ0v) is 23.0. The van der Waals surface area contributed by atoms with Crippen LogP contribution < -0.4 is 32.7 Å². The van der Waals surface area contributed by atoms with Crippen molar-refractivity contribution in [3.05, 3.63) is 42.0 Å². The second-order valence-corrected chi connectivity index (χ2v) is 9.31. The van der Waals surface area contributed by atoms with E-state index < -0.39 is 66.3 Å². The first-order chi connectivity index (χ1) is 19.8. The van der Waals surface area contributed by atoms with E-state index in [0.29, 0.717) is 11.3 Å². The van der Waals surface area contributed by atoms with Gasteiger partial charge < -0.3 is 47.5 Å². The maximum absolute atomic E-state index is 13.1. The number of esters is 1. The maximum atomic E-state index is 13.1. The monoisotopic (exact) mass is 589 g/mol. The van der Waals surface area contributed by atoms with Crippen molar-refractivity contribution in [2.75, 3.05) is 18.4 Å². The number of hydrogen-bond acceptors (Lipinski definition) is 9. The topological polar surface area (TPSA) is 252 Å². The molecule has 1 unspecified atom stereocenters. The van der Waals surface area contributed by atoms with Crippen LogP contribution in [-0.4, -0.2) is 82.9 Å². The Labute approximate surface area is 241 Å². The lowest BCUT2D eigenvalue weighted by Crippen LogP contribution is -2.54. The highest BCUT2D eigenvalue weighted by Gasteiger charge is 2.29. The molecule has 1 aromatic rings. The Morgan fingerprint density at radius 3 is 2.29 bits per heavy atom.